The van der Waals surface area contributed by atoms with Crippen LogP contribution in [-0.2, 0) is 4.74 Å². The molecule has 0 bridgehead atoms. The van der Waals surface area contributed by atoms with Crippen LogP contribution in [0.2, 0.25) is 0 Å². The van der Waals surface area contributed by atoms with E-state index in [4.69, 9.17) is 9.47 Å². The summed E-state index contributed by atoms with van der Waals surface area (Å²) in [7, 11) is 1.64. The summed E-state index contributed by atoms with van der Waals surface area (Å²) in [5.74, 6) is 1.56. The summed E-state index contributed by atoms with van der Waals surface area (Å²) < 4.78 is 11.4. The fraction of sp³-hybridized carbons (Fsp3) is 0.588. The highest BCUT2D eigenvalue weighted by molar-refractivity contribution is 9.10. The van der Waals surface area contributed by atoms with E-state index in [9.17, 15) is 4.79 Å². The van der Waals surface area contributed by atoms with Gasteiger partial charge in [-0.2, -0.15) is 0 Å². The average molecular weight is 355 g/mol. The van der Waals surface area contributed by atoms with Gasteiger partial charge in [-0.1, -0.05) is 32.1 Å². The topological polar surface area (TPSA) is 35.5 Å². The standard InChI is InChI=1S/C17H23BrO3/c1-20-9-10-21-17-8-7-14(12-15(17)18)16(19)11-13-5-3-2-4-6-13/h7-8,12-13H,2-6,9-11H2,1H3. The molecule has 116 valence electrons. The molecule has 1 aliphatic carbocycles. The highest BCUT2D eigenvalue weighted by Crippen LogP contribution is 2.30. The summed E-state index contributed by atoms with van der Waals surface area (Å²) >= 11 is 3.47. The molecule has 0 atom stereocenters. The van der Waals surface area contributed by atoms with Crippen molar-refractivity contribution in [2.45, 2.75) is 38.5 Å². The molecule has 0 N–H and O–H groups in total. The zero-order chi connectivity index (χ0) is 15.1. The van der Waals surface area contributed by atoms with Gasteiger partial charge in [-0.3, -0.25) is 4.79 Å². The lowest BCUT2D eigenvalue weighted by Crippen LogP contribution is -2.12. The fourth-order valence-corrected chi connectivity index (χ4v) is 3.29. The van der Waals surface area contributed by atoms with Crippen LogP contribution in [0.3, 0.4) is 0 Å². The molecule has 0 spiro atoms. The van der Waals surface area contributed by atoms with Crippen molar-refractivity contribution >= 4 is 21.7 Å². The smallest absolute Gasteiger partial charge is 0.163 e. The number of hydrogen-bond acceptors (Lipinski definition) is 3. The third kappa shape index (κ3) is 5.11. The average Bonchev–Trinajstić information content (AvgIpc) is 2.50. The second-order valence-corrected chi connectivity index (χ2v) is 6.47. The molecule has 2 rings (SSSR count). The number of hydrogen-bond donors (Lipinski definition) is 0. The van der Waals surface area contributed by atoms with Crippen LogP contribution < -0.4 is 4.74 Å². The molecular formula is C17H23BrO3. The van der Waals surface area contributed by atoms with E-state index in [0.29, 0.717) is 25.6 Å². The van der Waals surface area contributed by atoms with Gasteiger partial charge < -0.3 is 9.47 Å². The summed E-state index contributed by atoms with van der Waals surface area (Å²) in [5, 5.41) is 0. The molecule has 21 heavy (non-hydrogen) atoms. The van der Waals surface area contributed by atoms with Gasteiger partial charge in [0.2, 0.25) is 0 Å². The largest absolute Gasteiger partial charge is 0.490 e. The summed E-state index contributed by atoms with van der Waals surface area (Å²) in [6.45, 7) is 1.05. The first-order chi connectivity index (χ1) is 10.2. The lowest BCUT2D eigenvalue weighted by Gasteiger charge is -2.20. The third-order valence-corrected chi connectivity index (χ3v) is 4.62. The van der Waals surface area contributed by atoms with E-state index in [1.165, 1.54) is 32.1 Å². The maximum Gasteiger partial charge on any atom is 0.163 e. The number of ketones is 1. The van der Waals surface area contributed by atoms with Crippen molar-refractivity contribution in [3.8, 4) is 5.75 Å². The molecule has 0 heterocycles. The van der Waals surface area contributed by atoms with Gasteiger partial charge in [0.05, 0.1) is 11.1 Å². The van der Waals surface area contributed by atoms with Crippen LogP contribution >= 0.6 is 15.9 Å². The SMILES string of the molecule is COCCOc1ccc(C(=O)CC2CCCCC2)cc1Br. The molecule has 0 radical (unpaired) electrons. The van der Waals surface area contributed by atoms with E-state index >= 15 is 0 Å². The molecule has 1 aromatic carbocycles. The first-order valence-corrected chi connectivity index (χ1v) is 8.44. The van der Waals surface area contributed by atoms with Gasteiger partial charge in [0.25, 0.3) is 0 Å². The molecule has 0 aliphatic heterocycles. The molecular weight excluding hydrogens is 332 g/mol. The Labute approximate surface area is 135 Å². The Morgan fingerprint density at radius 2 is 2.00 bits per heavy atom. The molecule has 0 unspecified atom stereocenters. The van der Waals surface area contributed by atoms with Crippen LogP contribution in [0.1, 0.15) is 48.9 Å². The lowest BCUT2D eigenvalue weighted by atomic mass is 9.85. The second kappa shape index (κ2) is 8.54. The quantitative estimate of drug-likeness (QED) is 0.529. The van der Waals surface area contributed by atoms with Crippen molar-refractivity contribution in [1.29, 1.82) is 0 Å². The number of halogens is 1. The monoisotopic (exact) mass is 354 g/mol. The number of Topliss-reactive ketones (excluding diaryl/α,β-unsaturated/α-hetero) is 1. The van der Waals surface area contributed by atoms with Crippen LogP contribution in [0.15, 0.2) is 22.7 Å². The van der Waals surface area contributed by atoms with Crippen molar-refractivity contribution < 1.29 is 14.3 Å². The molecule has 0 saturated heterocycles. The van der Waals surface area contributed by atoms with Crippen LogP contribution in [0.25, 0.3) is 0 Å². The molecule has 1 fully saturated rings. The van der Waals surface area contributed by atoms with Gasteiger partial charge in [0.1, 0.15) is 12.4 Å². The summed E-state index contributed by atoms with van der Waals surface area (Å²) in [4.78, 5) is 12.4. The van der Waals surface area contributed by atoms with E-state index in [1.807, 2.05) is 18.2 Å². The van der Waals surface area contributed by atoms with E-state index in [-0.39, 0.29) is 5.78 Å². The Bertz CT molecular complexity index is 467. The van der Waals surface area contributed by atoms with Crippen LogP contribution in [0.4, 0.5) is 0 Å². The first-order valence-electron chi connectivity index (χ1n) is 7.65. The van der Waals surface area contributed by atoms with Crippen LogP contribution in [-0.4, -0.2) is 26.1 Å². The zero-order valence-corrected chi connectivity index (χ0v) is 14.2. The molecule has 0 aromatic heterocycles. The minimum Gasteiger partial charge on any atom is -0.490 e. The van der Waals surface area contributed by atoms with Gasteiger partial charge in [0, 0.05) is 19.1 Å². The maximum atomic E-state index is 12.4. The number of carbonyl (C=O) groups excluding carboxylic acids is 1. The zero-order valence-electron chi connectivity index (χ0n) is 12.6. The Kier molecular flexibility index (Phi) is 6.71. The highest BCUT2D eigenvalue weighted by atomic mass is 79.9. The first kappa shape index (κ1) is 16.5. The van der Waals surface area contributed by atoms with Gasteiger partial charge >= 0.3 is 0 Å². The van der Waals surface area contributed by atoms with Gasteiger partial charge in [0.15, 0.2) is 5.78 Å². The highest BCUT2D eigenvalue weighted by Gasteiger charge is 2.18. The molecule has 4 heteroatoms. The van der Waals surface area contributed by atoms with Crippen molar-refractivity contribution in [3.05, 3.63) is 28.2 Å². The molecule has 1 aliphatic rings. The number of methoxy groups -OCH3 is 1. The number of carbonyl (C=O) groups is 1. The second-order valence-electron chi connectivity index (χ2n) is 5.62. The van der Waals surface area contributed by atoms with Crippen LogP contribution in [0, 0.1) is 5.92 Å². The minimum atomic E-state index is 0.242. The summed E-state index contributed by atoms with van der Waals surface area (Å²) in [6.07, 6.45) is 6.94. The predicted octanol–water partition coefficient (Wildman–Crippen LogP) is 4.63. The Hall–Kier alpha value is -0.870. The maximum absolute atomic E-state index is 12.4. The van der Waals surface area contributed by atoms with Crippen molar-refractivity contribution in [1.82, 2.24) is 0 Å². The Morgan fingerprint density at radius 3 is 2.67 bits per heavy atom. The lowest BCUT2D eigenvalue weighted by molar-refractivity contribution is 0.0950. The van der Waals surface area contributed by atoms with E-state index in [1.54, 1.807) is 7.11 Å². The Morgan fingerprint density at radius 1 is 1.24 bits per heavy atom. The molecule has 0 amide bonds. The summed E-state index contributed by atoms with van der Waals surface area (Å²) in [5.41, 5.74) is 0.770. The van der Waals surface area contributed by atoms with E-state index in [0.717, 1.165) is 15.8 Å². The van der Waals surface area contributed by atoms with E-state index < -0.39 is 0 Å². The van der Waals surface area contributed by atoms with Crippen molar-refractivity contribution in [2.75, 3.05) is 20.3 Å². The molecule has 1 saturated carbocycles. The fourth-order valence-electron chi connectivity index (χ4n) is 2.80. The molecule has 1 aromatic rings. The minimum absolute atomic E-state index is 0.242. The number of benzene rings is 1. The third-order valence-electron chi connectivity index (χ3n) is 4.00. The predicted molar refractivity (Wildman–Crippen MR) is 87.0 cm³/mol. The number of ether oxygens (including phenoxy) is 2. The Balaban J connectivity index is 1.93. The normalized spacial score (nSPS) is 15.9. The van der Waals surface area contributed by atoms with Crippen LogP contribution in [0.5, 0.6) is 5.75 Å². The van der Waals surface area contributed by atoms with Crippen molar-refractivity contribution in [3.63, 3.8) is 0 Å². The van der Waals surface area contributed by atoms with Gasteiger partial charge in [-0.15, -0.1) is 0 Å². The van der Waals surface area contributed by atoms with E-state index in [2.05, 4.69) is 15.9 Å². The van der Waals surface area contributed by atoms with Crippen molar-refractivity contribution in [2.24, 2.45) is 5.92 Å². The summed E-state index contributed by atoms with van der Waals surface area (Å²) in [6, 6.07) is 5.58. The van der Waals surface area contributed by atoms with Gasteiger partial charge in [-0.05, 0) is 40.0 Å². The van der Waals surface area contributed by atoms with Gasteiger partial charge in [-0.25, -0.2) is 0 Å². The number of rotatable bonds is 7. The molecule has 3 nitrogen and oxygen atoms in total.